The van der Waals surface area contributed by atoms with E-state index < -0.39 is 0 Å². The molecule has 3 aromatic rings. The van der Waals surface area contributed by atoms with Crippen molar-refractivity contribution in [2.24, 2.45) is 0 Å². The first-order chi connectivity index (χ1) is 13.7. The number of hydrogen-bond acceptors (Lipinski definition) is 4. The van der Waals surface area contributed by atoms with Crippen LogP contribution in [0.2, 0.25) is 0 Å². The predicted octanol–water partition coefficient (Wildman–Crippen LogP) is 4.87. The van der Waals surface area contributed by atoms with Gasteiger partial charge < -0.3 is 14.8 Å². The maximum absolute atomic E-state index is 13.4. The fourth-order valence-corrected chi connectivity index (χ4v) is 3.47. The summed E-state index contributed by atoms with van der Waals surface area (Å²) in [7, 11) is 1.62. The van der Waals surface area contributed by atoms with Gasteiger partial charge in [-0.15, -0.1) is 0 Å². The van der Waals surface area contributed by atoms with Crippen molar-refractivity contribution in [3.8, 4) is 11.5 Å². The number of rotatable bonds is 5. The first-order valence-corrected chi connectivity index (χ1v) is 9.28. The molecule has 1 aliphatic rings. The van der Waals surface area contributed by atoms with E-state index in [1.807, 2.05) is 79.7 Å². The van der Waals surface area contributed by atoms with Gasteiger partial charge >= 0.3 is 0 Å². The summed E-state index contributed by atoms with van der Waals surface area (Å²) in [4.78, 5) is 15.1. The van der Waals surface area contributed by atoms with Crippen molar-refractivity contribution in [2.75, 3.05) is 23.9 Å². The molecule has 1 heterocycles. The molecule has 5 heteroatoms. The van der Waals surface area contributed by atoms with Crippen LogP contribution in [0.15, 0.2) is 72.8 Å². The first-order valence-electron chi connectivity index (χ1n) is 9.28. The third kappa shape index (κ3) is 3.16. The van der Waals surface area contributed by atoms with Crippen LogP contribution in [-0.4, -0.2) is 19.6 Å². The molecule has 142 valence electrons. The minimum Gasteiger partial charge on any atom is -0.493 e. The van der Waals surface area contributed by atoms with Crippen molar-refractivity contribution in [3.05, 3.63) is 83.9 Å². The summed E-state index contributed by atoms with van der Waals surface area (Å²) in [6, 6.07) is 23.0. The molecule has 0 spiro atoms. The molecule has 0 fully saturated rings. The summed E-state index contributed by atoms with van der Waals surface area (Å²) in [5.41, 5.74) is 3.21. The normalized spacial score (nSPS) is 15.6. The molecule has 4 rings (SSSR count). The molecule has 0 aliphatic carbocycles. The van der Waals surface area contributed by atoms with Gasteiger partial charge in [-0.25, -0.2) is 0 Å². The molecule has 0 bridgehead atoms. The van der Waals surface area contributed by atoms with Crippen LogP contribution < -0.4 is 19.7 Å². The number of anilines is 2. The lowest BCUT2D eigenvalue weighted by Gasteiger charge is -2.38. The van der Waals surface area contributed by atoms with Crippen molar-refractivity contribution in [3.63, 3.8) is 0 Å². The fraction of sp³-hybridized carbons (Fsp3) is 0.174. The predicted molar refractivity (Wildman–Crippen MR) is 110 cm³/mol. The number of carbonyl (C=O) groups is 1. The molecule has 0 aromatic heterocycles. The Kier molecular flexibility index (Phi) is 4.89. The highest BCUT2D eigenvalue weighted by atomic mass is 16.5. The highest BCUT2D eigenvalue weighted by molar-refractivity contribution is 6.12. The molecule has 1 amide bonds. The molecule has 28 heavy (non-hydrogen) atoms. The molecule has 3 aromatic carbocycles. The number of amides is 1. The molecule has 0 unspecified atom stereocenters. The number of hydrogen-bond donors (Lipinski definition) is 1. The summed E-state index contributed by atoms with van der Waals surface area (Å²) in [6.45, 7) is 2.49. The molecule has 0 saturated carbocycles. The average molecular weight is 374 g/mol. The van der Waals surface area contributed by atoms with Crippen molar-refractivity contribution in [1.29, 1.82) is 0 Å². The van der Waals surface area contributed by atoms with Gasteiger partial charge in [0.15, 0.2) is 11.5 Å². The number of benzene rings is 3. The highest BCUT2D eigenvalue weighted by Gasteiger charge is 2.34. The lowest BCUT2D eigenvalue weighted by atomic mass is 10.0. The van der Waals surface area contributed by atoms with Crippen LogP contribution in [0.5, 0.6) is 11.5 Å². The maximum atomic E-state index is 13.4. The van der Waals surface area contributed by atoms with Crippen LogP contribution in [0.25, 0.3) is 0 Å². The van der Waals surface area contributed by atoms with E-state index in [1.165, 1.54) is 0 Å². The maximum Gasteiger partial charge on any atom is 0.262 e. The number of nitrogens with one attached hydrogen (secondary N) is 1. The van der Waals surface area contributed by atoms with Gasteiger partial charge in [0.05, 0.1) is 19.3 Å². The minimum atomic E-state index is -0.366. The summed E-state index contributed by atoms with van der Waals surface area (Å²) >= 11 is 0. The van der Waals surface area contributed by atoms with Crippen LogP contribution in [0.4, 0.5) is 11.4 Å². The molecule has 5 nitrogen and oxygen atoms in total. The Labute approximate surface area is 164 Å². The SMILES string of the molecule is CCOc1ccc([C@H]2Nc3ccccc3C(=O)N2c2ccccc2)cc1OC. The lowest BCUT2D eigenvalue weighted by molar-refractivity contribution is 0.0975. The van der Waals surface area contributed by atoms with Gasteiger partial charge in [-0.05, 0) is 48.9 Å². The van der Waals surface area contributed by atoms with E-state index in [0.717, 1.165) is 16.9 Å². The van der Waals surface area contributed by atoms with E-state index in [1.54, 1.807) is 12.0 Å². The second-order valence-electron chi connectivity index (χ2n) is 6.45. The Balaban J connectivity index is 1.82. The number of nitrogens with zero attached hydrogens (tertiary/aromatic N) is 1. The van der Waals surface area contributed by atoms with Gasteiger partial charge in [-0.3, -0.25) is 9.69 Å². The van der Waals surface area contributed by atoms with Gasteiger partial charge in [0, 0.05) is 11.4 Å². The lowest BCUT2D eigenvalue weighted by Crippen LogP contribution is -2.43. The van der Waals surface area contributed by atoms with E-state index in [9.17, 15) is 4.79 Å². The van der Waals surface area contributed by atoms with Crippen LogP contribution in [0, 0.1) is 0 Å². The number of fused-ring (bicyclic) bond motifs is 1. The number of carbonyl (C=O) groups excluding carboxylic acids is 1. The summed E-state index contributed by atoms with van der Waals surface area (Å²) in [6.07, 6.45) is -0.366. The topological polar surface area (TPSA) is 50.8 Å². The monoisotopic (exact) mass is 374 g/mol. The standard InChI is InChI=1S/C23H22N2O3/c1-3-28-20-14-13-16(15-21(20)27-2)22-24-19-12-8-7-11-18(19)23(26)25(22)17-9-5-4-6-10-17/h4-15,22,24H,3H2,1-2H3/t22-/m0/s1. The zero-order valence-corrected chi connectivity index (χ0v) is 15.9. The van der Waals surface area contributed by atoms with Crippen LogP contribution >= 0.6 is 0 Å². The fourth-order valence-electron chi connectivity index (χ4n) is 3.47. The van der Waals surface area contributed by atoms with Crippen LogP contribution in [0.3, 0.4) is 0 Å². The van der Waals surface area contributed by atoms with Gasteiger partial charge in [0.25, 0.3) is 5.91 Å². The smallest absolute Gasteiger partial charge is 0.262 e. The van der Waals surface area contributed by atoms with Gasteiger partial charge in [-0.2, -0.15) is 0 Å². The Hall–Kier alpha value is -3.47. The molecular weight excluding hydrogens is 352 g/mol. The molecule has 0 radical (unpaired) electrons. The van der Waals surface area contributed by atoms with Crippen molar-refractivity contribution in [1.82, 2.24) is 0 Å². The molecule has 0 saturated heterocycles. The number of methoxy groups -OCH3 is 1. The highest BCUT2D eigenvalue weighted by Crippen LogP contribution is 2.39. The molecule has 1 N–H and O–H groups in total. The van der Waals surface area contributed by atoms with Crippen LogP contribution in [0.1, 0.15) is 29.0 Å². The van der Waals surface area contributed by atoms with E-state index in [2.05, 4.69) is 5.32 Å². The van der Waals surface area contributed by atoms with Gasteiger partial charge in [0.2, 0.25) is 0 Å². The van der Waals surface area contributed by atoms with E-state index in [4.69, 9.17) is 9.47 Å². The Morgan fingerprint density at radius 3 is 2.46 bits per heavy atom. The van der Waals surface area contributed by atoms with Gasteiger partial charge in [-0.1, -0.05) is 36.4 Å². The zero-order valence-electron chi connectivity index (χ0n) is 15.9. The Morgan fingerprint density at radius 1 is 0.964 bits per heavy atom. The summed E-state index contributed by atoms with van der Waals surface area (Å²) < 4.78 is 11.1. The van der Waals surface area contributed by atoms with E-state index in [-0.39, 0.29) is 12.1 Å². The number of ether oxygens (including phenoxy) is 2. The number of para-hydroxylation sites is 2. The van der Waals surface area contributed by atoms with E-state index >= 15 is 0 Å². The average Bonchev–Trinajstić information content (AvgIpc) is 2.75. The van der Waals surface area contributed by atoms with Crippen molar-refractivity contribution >= 4 is 17.3 Å². The molecular formula is C23H22N2O3. The summed E-state index contributed by atoms with van der Waals surface area (Å²) in [5.74, 6) is 1.28. The molecule has 1 atom stereocenters. The molecule has 1 aliphatic heterocycles. The third-order valence-electron chi connectivity index (χ3n) is 4.76. The Morgan fingerprint density at radius 2 is 1.71 bits per heavy atom. The zero-order chi connectivity index (χ0) is 19.5. The van der Waals surface area contributed by atoms with Gasteiger partial charge in [0.1, 0.15) is 6.17 Å². The van der Waals surface area contributed by atoms with Crippen molar-refractivity contribution < 1.29 is 14.3 Å². The van der Waals surface area contributed by atoms with Crippen molar-refractivity contribution in [2.45, 2.75) is 13.1 Å². The largest absolute Gasteiger partial charge is 0.493 e. The van der Waals surface area contributed by atoms with E-state index in [0.29, 0.717) is 23.7 Å². The third-order valence-corrected chi connectivity index (χ3v) is 4.76. The first kappa shape index (κ1) is 17.9. The quantitative estimate of drug-likeness (QED) is 0.693. The second-order valence-corrected chi connectivity index (χ2v) is 6.45. The minimum absolute atomic E-state index is 0.0431. The van der Waals surface area contributed by atoms with Crippen LogP contribution in [-0.2, 0) is 0 Å². The second kappa shape index (κ2) is 7.64. The summed E-state index contributed by atoms with van der Waals surface area (Å²) in [5, 5.41) is 3.50. The Bertz CT molecular complexity index is 988.